The smallest absolute Gasteiger partial charge is 0.226 e. The van der Waals surface area contributed by atoms with Crippen molar-refractivity contribution in [2.24, 2.45) is 5.92 Å². The van der Waals surface area contributed by atoms with Crippen LogP contribution < -0.4 is 10.1 Å². The van der Waals surface area contributed by atoms with E-state index in [0.717, 1.165) is 18.4 Å². The highest BCUT2D eigenvalue weighted by Gasteiger charge is 2.41. The van der Waals surface area contributed by atoms with Crippen LogP contribution in [0.2, 0.25) is 0 Å². The predicted octanol–water partition coefficient (Wildman–Crippen LogP) is 2.52. The molecule has 0 bridgehead atoms. The second-order valence-electron chi connectivity index (χ2n) is 6.19. The molecule has 2 rings (SSSR count). The highest BCUT2D eigenvalue weighted by molar-refractivity contribution is 5.85. The summed E-state index contributed by atoms with van der Waals surface area (Å²) in [5.74, 6) is 2.77. The van der Waals surface area contributed by atoms with Gasteiger partial charge in [-0.05, 0) is 18.9 Å². The predicted molar refractivity (Wildman–Crippen MR) is 96.9 cm³/mol. The molecule has 0 saturated carbocycles. The average Bonchev–Trinajstić information content (AvgIpc) is 2.64. The number of ether oxygens (including phenoxy) is 1. The van der Waals surface area contributed by atoms with Crippen molar-refractivity contribution in [1.29, 1.82) is 0 Å². The number of likely N-dealkylation sites (tertiary alicyclic amines) is 1. The molecule has 1 saturated heterocycles. The van der Waals surface area contributed by atoms with E-state index >= 15 is 0 Å². The van der Waals surface area contributed by atoms with Gasteiger partial charge >= 0.3 is 0 Å². The van der Waals surface area contributed by atoms with Gasteiger partial charge in [-0.2, -0.15) is 0 Å². The highest BCUT2D eigenvalue weighted by Crippen LogP contribution is 2.40. The van der Waals surface area contributed by atoms with Crippen molar-refractivity contribution >= 4 is 11.8 Å². The summed E-state index contributed by atoms with van der Waals surface area (Å²) in [6.45, 7) is 2.91. The zero-order chi connectivity index (χ0) is 18.2. The van der Waals surface area contributed by atoms with E-state index in [4.69, 9.17) is 11.2 Å². The van der Waals surface area contributed by atoms with Crippen molar-refractivity contribution < 1.29 is 14.3 Å². The number of rotatable bonds is 7. The summed E-state index contributed by atoms with van der Waals surface area (Å²) in [6, 6.07) is 7.26. The van der Waals surface area contributed by atoms with E-state index < -0.39 is 0 Å². The third-order valence-corrected chi connectivity index (χ3v) is 4.62. The number of terminal acetylenes is 1. The van der Waals surface area contributed by atoms with Crippen LogP contribution in [0.15, 0.2) is 24.3 Å². The molecule has 1 N–H and O–H groups in total. The summed E-state index contributed by atoms with van der Waals surface area (Å²) in [5.41, 5.74) is 0.870. The van der Waals surface area contributed by atoms with Gasteiger partial charge < -0.3 is 15.0 Å². The maximum absolute atomic E-state index is 12.7. The van der Waals surface area contributed by atoms with E-state index in [1.807, 2.05) is 29.2 Å². The number of carbonyl (C=O) groups excluding carboxylic acids is 2. The number of piperidine rings is 1. The second kappa shape index (κ2) is 9.12. The Morgan fingerprint density at radius 3 is 2.88 bits per heavy atom. The molecule has 0 aliphatic carbocycles. The van der Waals surface area contributed by atoms with E-state index in [2.05, 4.69) is 18.2 Å². The minimum Gasteiger partial charge on any atom is -0.496 e. The topological polar surface area (TPSA) is 58.6 Å². The molecule has 1 heterocycles. The molecule has 134 valence electrons. The van der Waals surface area contributed by atoms with Crippen LogP contribution in [-0.2, 0) is 9.59 Å². The number of amides is 2. The summed E-state index contributed by atoms with van der Waals surface area (Å²) >= 11 is 0. The van der Waals surface area contributed by atoms with Crippen molar-refractivity contribution in [3.8, 4) is 18.1 Å². The minimum absolute atomic E-state index is 0.0883. The lowest BCUT2D eigenvalue weighted by molar-refractivity contribution is -0.143. The van der Waals surface area contributed by atoms with Gasteiger partial charge in [0.05, 0.1) is 25.6 Å². The molecule has 1 aliphatic heterocycles. The molecule has 1 aromatic carbocycles. The first kappa shape index (κ1) is 18.9. The van der Waals surface area contributed by atoms with E-state index in [0.29, 0.717) is 25.1 Å². The van der Waals surface area contributed by atoms with E-state index in [9.17, 15) is 9.59 Å². The summed E-state index contributed by atoms with van der Waals surface area (Å²) < 4.78 is 5.49. The second-order valence-corrected chi connectivity index (χ2v) is 6.19. The summed E-state index contributed by atoms with van der Waals surface area (Å²) in [7, 11) is 1.60. The van der Waals surface area contributed by atoms with Gasteiger partial charge in [-0.15, -0.1) is 6.42 Å². The van der Waals surface area contributed by atoms with Crippen molar-refractivity contribution in [3.63, 3.8) is 0 Å². The Morgan fingerprint density at radius 1 is 1.44 bits per heavy atom. The fraction of sp³-hybridized carbons (Fsp3) is 0.500. The fourth-order valence-corrected chi connectivity index (χ4v) is 3.38. The molecule has 25 heavy (non-hydrogen) atoms. The third-order valence-electron chi connectivity index (χ3n) is 4.62. The normalized spacial score (nSPS) is 20.0. The van der Waals surface area contributed by atoms with Gasteiger partial charge in [-0.25, -0.2) is 0 Å². The molecule has 0 radical (unpaired) electrons. The molecule has 2 amide bonds. The molecule has 2 atom stereocenters. The maximum atomic E-state index is 12.7. The van der Waals surface area contributed by atoms with Gasteiger partial charge in [0, 0.05) is 18.5 Å². The lowest BCUT2D eigenvalue weighted by Crippen LogP contribution is -2.48. The first-order chi connectivity index (χ1) is 12.1. The molecule has 0 aromatic heterocycles. The number of nitrogens with one attached hydrogen (secondary N) is 1. The molecule has 1 fully saturated rings. The van der Waals surface area contributed by atoms with Crippen LogP contribution in [0.25, 0.3) is 0 Å². The Bertz CT molecular complexity index is 651. The number of para-hydroxylation sites is 1. The van der Waals surface area contributed by atoms with Gasteiger partial charge in [0.15, 0.2) is 0 Å². The van der Waals surface area contributed by atoms with Crippen LogP contribution in [-0.4, -0.2) is 36.9 Å². The van der Waals surface area contributed by atoms with Crippen LogP contribution in [0.3, 0.4) is 0 Å². The first-order valence-electron chi connectivity index (χ1n) is 8.77. The van der Waals surface area contributed by atoms with Gasteiger partial charge in [-0.1, -0.05) is 37.5 Å². The number of benzene rings is 1. The lowest BCUT2D eigenvalue weighted by Gasteiger charge is -2.41. The molecule has 0 spiro atoms. The summed E-state index contributed by atoms with van der Waals surface area (Å²) in [5, 5.41) is 2.78. The Morgan fingerprint density at radius 2 is 2.20 bits per heavy atom. The lowest BCUT2D eigenvalue weighted by atomic mass is 9.83. The van der Waals surface area contributed by atoms with Gasteiger partial charge in [0.25, 0.3) is 0 Å². The van der Waals surface area contributed by atoms with E-state index in [-0.39, 0.29) is 30.3 Å². The van der Waals surface area contributed by atoms with Gasteiger partial charge in [0.1, 0.15) is 5.75 Å². The van der Waals surface area contributed by atoms with Crippen LogP contribution >= 0.6 is 0 Å². The van der Waals surface area contributed by atoms with Crippen molar-refractivity contribution in [2.45, 2.75) is 38.6 Å². The average molecular weight is 342 g/mol. The largest absolute Gasteiger partial charge is 0.496 e. The fourth-order valence-electron chi connectivity index (χ4n) is 3.38. The van der Waals surface area contributed by atoms with Crippen molar-refractivity contribution in [1.82, 2.24) is 10.2 Å². The van der Waals surface area contributed by atoms with Gasteiger partial charge in [0.2, 0.25) is 11.8 Å². The van der Waals surface area contributed by atoms with Gasteiger partial charge in [-0.3, -0.25) is 9.59 Å². The standard InChI is InChI=1S/C20H26N2O3/c1-4-6-14-22-18(23)12-11-16(20(24)21-13-5-2)19(22)15-9-7-8-10-17(15)25-3/h2,7-10,16,19H,4,6,11-14H2,1,3H3,(H,21,24)/t16-,19+/m0/s1. The molecular formula is C20H26N2O3. The maximum Gasteiger partial charge on any atom is 0.226 e. The summed E-state index contributed by atoms with van der Waals surface area (Å²) in [4.78, 5) is 27.1. The van der Waals surface area contributed by atoms with Crippen LogP contribution in [0.5, 0.6) is 5.75 Å². The van der Waals surface area contributed by atoms with Crippen LogP contribution in [0, 0.1) is 18.3 Å². The van der Waals surface area contributed by atoms with Crippen molar-refractivity contribution in [3.05, 3.63) is 29.8 Å². The molecular weight excluding hydrogens is 316 g/mol. The molecule has 5 nitrogen and oxygen atoms in total. The van der Waals surface area contributed by atoms with Crippen LogP contribution in [0.4, 0.5) is 0 Å². The number of hydrogen-bond acceptors (Lipinski definition) is 3. The van der Waals surface area contributed by atoms with Crippen LogP contribution in [0.1, 0.15) is 44.2 Å². The van der Waals surface area contributed by atoms with E-state index in [1.165, 1.54) is 0 Å². The zero-order valence-electron chi connectivity index (χ0n) is 15.0. The Kier molecular flexibility index (Phi) is 6.88. The monoisotopic (exact) mass is 342 g/mol. The Hall–Kier alpha value is -2.48. The minimum atomic E-state index is -0.334. The molecule has 1 aromatic rings. The number of unbranched alkanes of at least 4 members (excludes halogenated alkanes) is 1. The Labute approximate surface area is 149 Å². The number of methoxy groups -OCH3 is 1. The molecule has 0 unspecified atom stereocenters. The number of carbonyl (C=O) groups is 2. The zero-order valence-corrected chi connectivity index (χ0v) is 15.0. The number of nitrogens with zero attached hydrogens (tertiary/aromatic N) is 1. The molecule has 1 aliphatic rings. The number of hydrogen-bond donors (Lipinski definition) is 1. The SMILES string of the molecule is C#CCNC(=O)[C@H]1CCC(=O)N(CCCC)[C@@H]1c1ccccc1OC. The van der Waals surface area contributed by atoms with E-state index in [1.54, 1.807) is 7.11 Å². The quantitative estimate of drug-likeness (QED) is 0.775. The highest BCUT2D eigenvalue weighted by atomic mass is 16.5. The Balaban J connectivity index is 2.42. The first-order valence-corrected chi connectivity index (χ1v) is 8.77. The third kappa shape index (κ3) is 4.33. The molecule has 5 heteroatoms. The van der Waals surface area contributed by atoms with Crippen molar-refractivity contribution in [2.75, 3.05) is 20.2 Å². The summed E-state index contributed by atoms with van der Waals surface area (Å²) in [6.07, 6.45) is 8.04.